The van der Waals surface area contributed by atoms with Crippen molar-refractivity contribution in [1.82, 2.24) is 0 Å². The van der Waals surface area contributed by atoms with E-state index in [1.165, 1.54) is 0 Å². The van der Waals surface area contributed by atoms with E-state index in [0.717, 1.165) is 56.3 Å². The molecule has 4 heteroatoms. The van der Waals surface area contributed by atoms with E-state index in [2.05, 4.69) is 56.2 Å². The minimum absolute atomic E-state index is 0.365. The van der Waals surface area contributed by atoms with Crippen LogP contribution in [0.5, 0.6) is 0 Å². The molecule has 0 atom stereocenters. The van der Waals surface area contributed by atoms with Crippen molar-refractivity contribution in [2.75, 3.05) is 58.9 Å². The summed E-state index contributed by atoms with van der Waals surface area (Å²) in [7, 11) is 0. The Hall–Kier alpha value is -3.14. The average molecular weight is 462 g/mol. The summed E-state index contributed by atoms with van der Waals surface area (Å²) in [4.78, 5) is 8.55. The fourth-order valence-corrected chi connectivity index (χ4v) is 4.39. The van der Waals surface area contributed by atoms with Crippen molar-refractivity contribution in [3.05, 3.63) is 72.7 Å². The van der Waals surface area contributed by atoms with Crippen LogP contribution in [0.4, 0.5) is 34.1 Å². The van der Waals surface area contributed by atoms with Crippen LogP contribution < -0.4 is 19.6 Å². The van der Waals surface area contributed by atoms with Gasteiger partial charge in [0.1, 0.15) is 0 Å². The molecule has 3 aromatic carbocycles. The lowest BCUT2D eigenvalue weighted by Crippen LogP contribution is -2.22. The Morgan fingerprint density at radius 1 is 0.412 bits per heavy atom. The van der Waals surface area contributed by atoms with Crippen molar-refractivity contribution in [2.24, 2.45) is 0 Å². The summed E-state index contributed by atoms with van der Waals surface area (Å²) in [5.41, 5.74) is 4.98. The maximum Gasteiger partial charge on any atom is 0.0646 e. The van der Waals surface area contributed by atoms with Crippen LogP contribution in [0.2, 0.25) is 0 Å². The molecular weight excluding hydrogens is 416 g/mol. The summed E-state index contributed by atoms with van der Waals surface area (Å²) >= 11 is 0. The zero-order valence-corrected chi connectivity index (χ0v) is 21.7. The fraction of sp³-hybridized carbons (Fsp3) is 0.400. The van der Waals surface area contributed by atoms with Gasteiger partial charge in [-0.1, -0.05) is 0 Å². The van der Waals surface area contributed by atoms with Gasteiger partial charge in [0.15, 0.2) is 0 Å². The molecule has 0 amide bonds. The maximum atomic E-state index is 8.96. The monoisotopic (exact) mass is 461 g/mol. The van der Waals surface area contributed by atoms with Gasteiger partial charge in [0.25, 0.3) is 0 Å². The van der Waals surface area contributed by atoms with Crippen LogP contribution in [0.15, 0.2) is 72.7 Å². The Balaban J connectivity index is 2.20. The van der Waals surface area contributed by atoms with E-state index >= 15 is 0 Å². The summed E-state index contributed by atoms with van der Waals surface area (Å²) in [6, 6.07) is 18.7. The fourth-order valence-electron chi connectivity index (χ4n) is 4.39. The molecule has 3 aromatic rings. The minimum atomic E-state index is 0.365. The third-order valence-electron chi connectivity index (χ3n) is 6.45. The molecule has 0 bridgehead atoms. The quantitative estimate of drug-likeness (QED) is 0.274. The van der Waals surface area contributed by atoms with Crippen LogP contribution in [0.25, 0.3) is 0 Å². The van der Waals surface area contributed by atoms with Gasteiger partial charge in [0, 0.05) is 73.4 Å². The standard InChI is InChI=1S/C30H42N4/c1-7-31(8-2)25-13-19-28(20-14-25)34(29-21-15-26(16-22-29)32(9-3)10-4)30-23-17-27(18-24-30)33(11-5)12-6/h13-24H,7-12H2,1-6H3/i19D,21D,23D. The lowest BCUT2D eigenvalue weighted by atomic mass is 10.1. The second-order valence-corrected chi connectivity index (χ2v) is 8.15. The molecule has 0 unspecified atom stereocenters. The molecule has 3 rings (SSSR count). The largest absolute Gasteiger partial charge is 0.372 e. The number of hydrogen-bond donors (Lipinski definition) is 0. The minimum Gasteiger partial charge on any atom is -0.372 e. The summed E-state index contributed by atoms with van der Waals surface area (Å²) in [5, 5.41) is 0. The van der Waals surface area contributed by atoms with E-state index in [0.29, 0.717) is 35.2 Å². The molecule has 0 spiro atoms. The Morgan fingerprint density at radius 3 is 0.853 bits per heavy atom. The molecule has 34 heavy (non-hydrogen) atoms. The highest BCUT2D eigenvalue weighted by molar-refractivity contribution is 5.79. The van der Waals surface area contributed by atoms with E-state index in [1.54, 1.807) is 0 Å². The zero-order valence-electron chi connectivity index (χ0n) is 24.7. The van der Waals surface area contributed by atoms with Crippen molar-refractivity contribution in [1.29, 1.82) is 0 Å². The smallest absolute Gasteiger partial charge is 0.0646 e. The van der Waals surface area contributed by atoms with Crippen molar-refractivity contribution < 1.29 is 4.11 Å². The zero-order chi connectivity index (χ0) is 27.1. The van der Waals surface area contributed by atoms with Crippen LogP contribution >= 0.6 is 0 Å². The van der Waals surface area contributed by atoms with E-state index in [4.69, 9.17) is 4.11 Å². The third-order valence-corrected chi connectivity index (χ3v) is 6.45. The highest BCUT2D eigenvalue weighted by Crippen LogP contribution is 2.37. The van der Waals surface area contributed by atoms with E-state index in [9.17, 15) is 0 Å². The SMILES string of the molecule is [2H]c1cc(N(CC)CC)ccc1N(c1ccc(N(CC)CC)cc1[2H])c1ccc(N(CC)CC)cc1[2H]. The topological polar surface area (TPSA) is 13.0 Å². The lowest BCUT2D eigenvalue weighted by Gasteiger charge is -2.29. The van der Waals surface area contributed by atoms with Gasteiger partial charge in [-0.25, -0.2) is 0 Å². The molecule has 0 fully saturated rings. The van der Waals surface area contributed by atoms with Gasteiger partial charge in [0.05, 0.1) is 4.11 Å². The van der Waals surface area contributed by atoms with Crippen molar-refractivity contribution >= 4 is 34.1 Å². The van der Waals surface area contributed by atoms with Crippen LogP contribution in [0.1, 0.15) is 45.7 Å². The van der Waals surface area contributed by atoms with Crippen LogP contribution in [0.3, 0.4) is 0 Å². The van der Waals surface area contributed by atoms with Gasteiger partial charge < -0.3 is 19.6 Å². The Kier molecular flexibility index (Phi) is 7.78. The van der Waals surface area contributed by atoms with Crippen molar-refractivity contribution in [3.63, 3.8) is 0 Å². The van der Waals surface area contributed by atoms with Gasteiger partial charge in [-0.3, -0.25) is 0 Å². The molecule has 0 saturated heterocycles. The molecule has 182 valence electrons. The third kappa shape index (κ3) is 5.67. The highest BCUT2D eigenvalue weighted by atomic mass is 15.2. The highest BCUT2D eigenvalue weighted by Gasteiger charge is 2.14. The van der Waals surface area contributed by atoms with Crippen molar-refractivity contribution in [3.8, 4) is 0 Å². The molecular formula is C30H42N4. The summed E-state index contributed by atoms with van der Waals surface area (Å²) in [6.07, 6.45) is 0. The van der Waals surface area contributed by atoms with Crippen LogP contribution in [0, 0.1) is 0 Å². The molecule has 0 heterocycles. The van der Waals surface area contributed by atoms with Crippen molar-refractivity contribution in [2.45, 2.75) is 41.5 Å². The normalized spacial score (nSPS) is 12.0. The molecule has 0 aliphatic carbocycles. The Morgan fingerprint density at radius 2 is 0.647 bits per heavy atom. The predicted octanol–water partition coefficient (Wildman–Crippen LogP) is 7.70. The number of nitrogens with zero attached hydrogens (tertiary/aromatic N) is 4. The molecule has 0 N–H and O–H groups in total. The Bertz CT molecular complexity index is 1030. The van der Waals surface area contributed by atoms with Crippen LogP contribution in [-0.4, -0.2) is 39.3 Å². The first-order valence-electron chi connectivity index (χ1n) is 14.2. The van der Waals surface area contributed by atoms with Gasteiger partial charge >= 0.3 is 0 Å². The molecule has 0 aromatic heterocycles. The first kappa shape index (κ1) is 21.4. The number of hydrogen-bond acceptors (Lipinski definition) is 4. The van der Waals surface area contributed by atoms with E-state index < -0.39 is 0 Å². The number of anilines is 6. The summed E-state index contributed by atoms with van der Waals surface area (Å²) in [6.45, 7) is 17.9. The van der Waals surface area contributed by atoms with Gasteiger partial charge in [0.2, 0.25) is 0 Å². The summed E-state index contributed by atoms with van der Waals surface area (Å²) < 4.78 is 26.9. The molecule has 0 radical (unpaired) electrons. The molecule has 0 aliphatic rings. The van der Waals surface area contributed by atoms with E-state index in [1.807, 2.05) is 59.5 Å². The van der Waals surface area contributed by atoms with Gasteiger partial charge in [-0.2, -0.15) is 0 Å². The number of rotatable bonds is 12. The molecule has 0 saturated carbocycles. The second-order valence-electron chi connectivity index (χ2n) is 8.15. The van der Waals surface area contributed by atoms with E-state index in [-0.39, 0.29) is 0 Å². The maximum absolute atomic E-state index is 8.96. The molecule has 0 aliphatic heterocycles. The first-order chi connectivity index (χ1) is 17.8. The second kappa shape index (κ2) is 12.4. The number of benzene rings is 3. The summed E-state index contributed by atoms with van der Waals surface area (Å²) in [5.74, 6) is 0. The van der Waals surface area contributed by atoms with Gasteiger partial charge in [-0.05, 0) is 114 Å². The lowest BCUT2D eigenvalue weighted by molar-refractivity contribution is 0.865. The average Bonchev–Trinajstić information content (AvgIpc) is 2.89. The predicted molar refractivity (Wildman–Crippen MR) is 152 cm³/mol. The molecule has 4 nitrogen and oxygen atoms in total. The Labute approximate surface area is 211 Å². The first-order valence-corrected chi connectivity index (χ1v) is 12.7. The van der Waals surface area contributed by atoms with Gasteiger partial charge in [-0.15, -0.1) is 0 Å². The van der Waals surface area contributed by atoms with Crippen LogP contribution in [-0.2, 0) is 0 Å².